The van der Waals surface area contributed by atoms with Crippen molar-refractivity contribution in [2.24, 2.45) is 5.73 Å². The first-order valence-corrected chi connectivity index (χ1v) is 4.18. The molecule has 2 heteroatoms. The van der Waals surface area contributed by atoms with Gasteiger partial charge in [-0.15, -0.1) is 5.92 Å². The third kappa shape index (κ3) is 3.18. The fourth-order valence-corrected chi connectivity index (χ4v) is 0.954. The third-order valence-corrected chi connectivity index (χ3v) is 1.62. The predicted molar refractivity (Wildman–Crippen MR) is 53.3 cm³/mol. The molecule has 0 bridgehead atoms. The number of rotatable bonds is 3. The average molecular weight is 175 g/mol. The van der Waals surface area contributed by atoms with E-state index in [4.69, 9.17) is 10.5 Å². The van der Waals surface area contributed by atoms with Gasteiger partial charge in [-0.3, -0.25) is 0 Å². The number of benzene rings is 1. The van der Waals surface area contributed by atoms with Gasteiger partial charge in [0.15, 0.2) is 0 Å². The quantitative estimate of drug-likeness (QED) is 0.707. The Morgan fingerprint density at radius 3 is 3.00 bits per heavy atom. The highest BCUT2D eigenvalue weighted by Crippen LogP contribution is 2.12. The normalized spacial score (nSPS) is 8.77. The number of hydrogen-bond donors (Lipinski definition) is 1. The van der Waals surface area contributed by atoms with Gasteiger partial charge >= 0.3 is 0 Å². The second kappa shape index (κ2) is 5.23. The zero-order valence-electron chi connectivity index (χ0n) is 7.71. The van der Waals surface area contributed by atoms with Crippen molar-refractivity contribution in [2.75, 3.05) is 6.61 Å². The standard InChI is InChI=1S/C11H13NO/c1-2-3-7-13-11-6-4-5-10(8-11)9-12/h4-6,8H,7,9,12H2,1H3. The van der Waals surface area contributed by atoms with Crippen LogP contribution in [-0.4, -0.2) is 6.61 Å². The van der Waals surface area contributed by atoms with Crippen molar-refractivity contribution in [3.63, 3.8) is 0 Å². The minimum absolute atomic E-state index is 0.435. The van der Waals surface area contributed by atoms with Crippen LogP contribution in [0.1, 0.15) is 12.5 Å². The lowest BCUT2D eigenvalue weighted by Crippen LogP contribution is -1.98. The lowest BCUT2D eigenvalue weighted by Gasteiger charge is -2.03. The maximum absolute atomic E-state index is 5.49. The summed E-state index contributed by atoms with van der Waals surface area (Å²) in [6, 6.07) is 7.73. The summed E-state index contributed by atoms with van der Waals surface area (Å²) in [6.45, 7) is 2.76. The largest absolute Gasteiger partial charge is 0.481 e. The van der Waals surface area contributed by atoms with Crippen LogP contribution in [0.3, 0.4) is 0 Å². The van der Waals surface area contributed by atoms with E-state index in [0.717, 1.165) is 11.3 Å². The monoisotopic (exact) mass is 175 g/mol. The van der Waals surface area contributed by atoms with Crippen LogP contribution in [0, 0.1) is 11.8 Å². The summed E-state index contributed by atoms with van der Waals surface area (Å²) in [5.41, 5.74) is 6.56. The Hall–Kier alpha value is -1.46. The molecule has 1 aromatic rings. The second-order valence-electron chi connectivity index (χ2n) is 2.57. The van der Waals surface area contributed by atoms with Crippen LogP contribution in [0.4, 0.5) is 0 Å². The predicted octanol–water partition coefficient (Wildman–Crippen LogP) is 1.55. The van der Waals surface area contributed by atoms with Crippen molar-refractivity contribution in [2.45, 2.75) is 13.5 Å². The lowest BCUT2D eigenvalue weighted by atomic mass is 10.2. The molecule has 0 aromatic heterocycles. The molecule has 2 nitrogen and oxygen atoms in total. The van der Waals surface area contributed by atoms with E-state index in [-0.39, 0.29) is 0 Å². The van der Waals surface area contributed by atoms with Crippen LogP contribution in [0.25, 0.3) is 0 Å². The molecule has 0 spiro atoms. The maximum Gasteiger partial charge on any atom is 0.149 e. The molecule has 1 rings (SSSR count). The van der Waals surface area contributed by atoms with Crippen molar-refractivity contribution in [3.8, 4) is 17.6 Å². The van der Waals surface area contributed by atoms with Crippen LogP contribution in [0.2, 0.25) is 0 Å². The molecular weight excluding hydrogens is 162 g/mol. The molecule has 0 fully saturated rings. The molecule has 0 radical (unpaired) electrons. The highest BCUT2D eigenvalue weighted by Gasteiger charge is 1.93. The Labute approximate surface area is 78.7 Å². The maximum atomic E-state index is 5.49. The minimum atomic E-state index is 0.435. The van der Waals surface area contributed by atoms with E-state index in [1.807, 2.05) is 24.3 Å². The molecule has 0 heterocycles. The fraction of sp³-hybridized carbons (Fsp3) is 0.273. The fourth-order valence-electron chi connectivity index (χ4n) is 0.954. The topological polar surface area (TPSA) is 35.2 Å². The van der Waals surface area contributed by atoms with E-state index in [1.54, 1.807) is 6.92 Å². The number of hydrogen-bond acceptors (Lipinski definition) is 2. The van der Waals surface area contributed by atoms with Crippen molar-refractivity contribution in [1.82, 2.24) is 0 Å². The summed E-state index contributed by atoms with van der Waals surface area (Å²) in [6.07, 6.45) is 0. The smallest absolute Gasteiger partial charge is 0.149 e. The van der Waals surface area contributed by atoms with Gasteiger partial charge in [-0.25, -0.2) is 0 Å². The Morgan fingerprint density at radius 2 is 2.31 bits per heavy atom. The molecule has 68 valence electrons. The first-order valence-electron chi connectivity index (χ1n) is 4.18. The molecule has 0 unspecified atom stereocenters. The molecule has 1 aromatic carbocycles. The van der Waals surface area contributed by atoms with Crippen molar-refractivity contribution >= 4 is 0 Å². The Balaban J connectivity index is 2.59. The van der Waals surface area contributed by atoms with Crippen LogP contribution in [0.15, 0.2) is 24.3 Å². The SMILES string of the molecule is CC#CCOc1cccc(CN)c1. The molecule has 0 aliphatic carbocycles. The number of nitrogens with two attached hydrogens (primary N) is 1. The van der Waals surface area contributed by atoms with E-state index in [9.17, 15) is 0 Å². The average Bonchev–Trinajstić information content (AvgIpc) is 2.19. The van der Waals surface area contributed by atoms with Gasteiger partial charge in [-0.1, -0.05) is 18.1 Å². The van der Waals surface area contributed by atoms with E-state index in [1.165, 1.54) is 0 Å². The summed E-state index contributed by atoms with van der Waals surface area (Å²) in [4.78, 5) is 0. The van der Waals surface area contributed by atoms with Gasteiger partial charge < -0.3 is 10.5 Å². The van der Waals surface area contributed by atoms with Crippen LogP contribution < -0.4 is 10.5 Å². The van der Waals surface area contributed by atoms with Gasteiger partial charge in [-0.2, -0.15) is 0 Å². The molecule has 2 N–H and O–H groups in total. The molecule has 13 heavy (non-hydrogen) atoms. The van der Waals surface area contributed by atoms with Gasteiger partial charge in [-0.05, 0) is 24.6 Å². The minimum Gasteiger partial charge on any atom is -0.481 e. The first-order chi connectivity index (χ1) is 6.36. The van der Waals surface area contributed by atoms with Gasteiger partial charge in [0.2, 0.25) is 0 Å². The summed E-state index contributed by atoms with van der Waals surface area (Å²) in [5, 5.41) is 0. The highest BCUT2D eigenvalue weighted by atomic mass is 16.5. The zero-order valence-corrected chi connectivity index (χ0v) is 7.71. The summed E-state index contributed by atoms with van der Waals surface area (Å²) in [7, 11) is 0. The van der Waals surface area contributed by atoms with E-state index >= 15 is 0 Å². The first kappa shape index (κ1) is 9.63. The summed E-state index contributed by atoms with van der Waals surface area (Å²) in [5.74, 6) is 6.42. The molecule has 0 aliphatic rings. The van der Waals surface area contributed by atoms with Crippen molar-refractivity contribution in [3.05, 3.63) is 29.8 Å². The van der Waals surface area contributed by atoms with E-state index in [0.29, 0.717) is 13.2 Å². The van der Waals surface area contributed by atoms with Crippen LogP contribution in [0.5, 0.6) is 5.75 Å². The molecule has 0 saturated heterocycles. The van der Waals surface area contributed by atoms with Gasteiger partial charge in [0.25, 0.3) is 0 Å². The van der Waals surface area contributed by atoms with Crippen LogP contribution >= 0.6 is 0 Å². The van der Waals surface area contributed by atoms with Crippen LogP contribution in [-0.2, 0) is 6.54 Å². The zero-order chi connectivity index (χ0) is 9.52. The summed E-state index contributed by atoms with van der Waals surface area (Å²) < 4.78 is 5.36. The van der Waals surface area contributed by atoms with Gasteiger partial charge in [0.1, 0.15) is 12.4 Å². The lowest BCUT2D eigenvalue weighted by molar-refractivity contribution is 0.370. The number of ether oxygens (including phenoxy) is 1. The van der Waals surface area contributed by atoms with Crippen molar-refractivity contribution < 1.29 is 4.74 Å². The summed E-state index contributed by atoms with van der Waals surface area (Å²) >= 11 is 0. The molecular formula is C11H13NO. The van der Waals surface area contributed by atoms with E-state index < -0.39 is 0 Å². The molecule has 0 amide bonds. The molecule has 0 aliphatic heterocycles. The van der Waals surface area contributed by atoms with Crippen molar-refractivity contribution in [1.29, 1.82) is 0 Å². The van der Waals surface area contributed by atoms with Gasteiger partial charge in [0.05, 0.1) is 0 Å². The van der Waals surface area contributed by atoms with Gasteiger partial charge in [0, 0.05) is 6.54 Å². The molecule has 0 saturated carbocycles. The van der Waals surface area contributed by atoms with E-state index in [2.05, 4.69) is 11.8 Å². The highest BCUT2D eigenvalue weighted by molar-refractivity contribution is 5.28. The Kier molecular flexibility index (Phi) is 3.87. The third-order valence-electron chi connectivity index (χ3n) is 1.62. The molecule has 0 atom stereocenters. The second-order valence-corrected chi connectivity index (χ2v) is 2.57. The Morgan fingerprint density at radius 1 is 1.46 bits per heavy atom. The Bertz CT molecular complexity index is 322.